The summed E-state index contributed by atoms with van der Waals surface area (Å²) >= 11 is 0. The molecule has 0 amide bonds. The maximum atomic E-state index is 2.56. The first-order chi connectivity index (χ1) is 16.7. The zero-order valence-corrected chi connectivity index (χ0v) is 22.4. The van der Waals surface area contributed by atoms with Crippen LogP contribution in [0.5, 0.6) is 0 Å². The summed E-state index contributed by atoms with van der Waals surface area (Å²) in [7, 11) is 0. The van der Waals surface area contributed by atoms with Crippen molar-refractivity contribution < 1.29 is 0 Å². The van der Waals surface area contributed by atoms with Crippen molar-refractivity contribution >= 4 is 32.3 Å². The van der Waals surface area contributed by atoms with Gasteiger partial charge in [0.15, 0.2) is 0 Å². The van der Waals surface area contributed by atoms with Crippen molar-refractivity contribution in [3.63, 3.8) is 0 Å². The quantitative estimate of drug-likeness (QED) is 0.131. The van der Waals surface area contributed by atoms with Crippen molar-refractivity contribution in [3.05, 3.63) is 58.7 Å². The van der Waals surface area contributed by atoms with Gasteiger partial charge in [-0.1, -0.05) is 114 Å². The van der Waals surface area contributed by atoms with E-state index in [0.717, 1.165) is 0 Å². The van der Waals surface area contributed by atoms with Gasteiger partial charge in [-0.15, -0.1) is 0 Å². The number of hydrogen-bond acceptors (Lipinski definition) is 0. The van der Waals surface area contributed by atoms with E-state index in [1.54, 1.807) is 16.5 Å². The lowest BCUT2D eigenvalue weighted by molar-refractivity contribution is 0.608. The van der Waals surface area contributed by atoms with Gasteiger partial charge in [0.25, 0.3) is 0 Å². The Morgan fingerprint density at radius 1 is 0.471 bits per heavy atom. The molecule has 0 spiro atoms. The predicted molar refractivity (Wildman–Crippen MR) is 154 cm³/mol. The molecule has 4 aromatic rings. The van der Waals surface area contributed by atoms with Crippen molar-refractivity contribution in [2.24, 2.45) is 0 Å². The van der Waals surface area contributed by atoms with Gasteiger partial charge in [-0.05, 0) is 94.1 Å². The summed E-state index contributed by atoms with van der Waals surface area (Å²) in [6.07, 6.45) is 18.7. The minimum atomic E-state index is 1.21. The molecular weight excluding hydrogens is 408 g/mol. The number of unbranched alkanes of at least 4 members (excludes halogenated alkanes) is 10. The van der Waals surface area contributed by atoms with Crippen LogP contribution in [0.4, 0.5) is 0 Å². The molecule has 0 saturated carbocycles. The van der Waals surface area contributed by atoms with Gasteiger partial charge in [0.1, 0.15) is 0 Å². The van der Waals surface area contributed by atoms with Gasteiger partial charge in [-0.25, -0.2) is 0 Å². The van der Waals surface area contributed by atoms with Crippen molar-refractivity contribution in [1.82, 2.24) is 0 Å². The largest absolute Gasteiger partial charge is 0.0654 e. The highest BCUT2D eigenvalue weighted by Gasteiger charge is 2.17. The van der Waals surface area contributed by atoms with Crippen molar-refractivity contribution in [3.8, 4) is 0 Å². The highest BCUT2D eigenvalue weighted by Crippen LogP contribution is 2.41. The lowest BCUT2D eigenvalue weighted by Crippen LogP contribution is -1.98. The maximum Gasteiger partial charge on any atom is -0.00211 e. The zero-order valence-electron chi connectivity index (χ0n) is 22.4. The molecule has 0 N–H and O–H groups in total. The Morgan fingerprint density at radius 3 is 1.74 bits per heavy atom. The molecule has 0 aliphatic carbocycles. The van der Waals surface area contributed by atoms with E-state index in [9.17, 15) is 0 Å². The lowest BCUT2D eigenvalue weighted by atomic mass is 9.84. The van der Waals surface area contributed by atoms with E-state index >= 15 is 0 Å². The molecule has 0 nitrogen and oxygen atoms in total. The highest BCUT2D eigenvalue weighted by atomic mass is 14.2. The second kappa shape index (κ2) is 12.1. The third kappa shape index (κ3) is 5.42. The predicted octanol–water partition coefficient (Wildman–Crippen LogP) is 11.0. The van der Waals surface area contributed by atoms with E-state index in [-0.39, 0.29) is 0 Å². The number of rotatable bonds is 14. The molecule has 0 unspecified atom stereocenters. The molecule has 0 bridgehead atoms. The van der Waals surface area contributed by atoms with Crippen LogP contribution in [-0.4, -0.2) is 0 Å². The molecule has 0 aromatic heterocycles. The Morgan fingerprint density at radius 2 is 1.06 bits per heavy atom. The second-order valence-electron chi connectivity index (χ2n) is 10.8. The fourth-order valence-corrected chi connectivity index (χ4v) is 6.08. The average molecular weight is 455 g/mol. The molecule has 0 atom stereocenters. The lowest BCUT2D eigenvalue weighted by Gasteiger charge is -2.20. The van der Waals surface area contributed by atoms with E-state index in [1.807, 2.05) is 0 Å². The van der Waals surface area contributed by atoms with Gasteiger partial charge in [-0.2, -0.15) is 0 Å². The van der Waals surface area contributed by atoms with Crippen LogP contribution < -0.4 is 0 Å². The summed E-state index contributed by atoms with van der Waals surface area (Å²) in [6.45, 7) is 9.23. The minimum absolute atomic E-state index is 1.21. The van der Waals surface area contributed by atoms with Crippen LogP contribution in [-0.2, 0) is 12.8 Å². The van der Waals surface area contributed by atoms with E-state index in [1.165, 1.54) is 128 Å². The molecule has 182 valence electrons. The second-order valence-corrected chi connectivity index (χ2v) is 10.8. The summed E-state index contributed by atoms with van der Waals surface area (Å²) < 4.78 is 0. The number of hydrogen-bond donors (Lipinski definition) is 0. The first-order valence-electron chi connectivity index (χ1n) is 14.3. The van der Waals surface area contributed by atoms with Crippen LogP contribution in [0, 0.1) is 13.8 Å². The average Bonchev–Trinajstić information content (AvgIpc) is 2.84. The molecule has 34 heavy (non-hydrogen) atoms. The van der Waals surface area contributed by atoms with Gasteiger partial charge in [0.05, 0.1) is 0 Å². The summed E-state index contributed by atoms with van der Waals surface area (Å²) in [4.78, 5) is 0. The van der Waals surface area contributed by atoms with Crippen LogP contribution in [0.25, 0.3) is 32.3 Å². The highest BCUT2D eigenvalue weighted by molar-refractivity contribution is 6.25. The van der Waals surface area contributed by atoms with E-state index in [4.69, 9.17) is 0 Å². The van der Waals surface area contributed by atoms with Crippen LogP contribution in [0.3, 0.4) is 0 Å². The first kappa shape index (κ1) is 25.0. The van der Waals surface area contributed by atoms with Crippen molar-refractivity contribution in [2.45, 2.75) is 118 Å². The molecule has 0 heterocycles. The molecule has 4 aromatic carbocycles. The summed E-state index contributed by atoms with van der Waals surface area (Å²) in [5.41, 5.74) is 6.01. The van der Waals surface area contributed by atoms with Gasteiger partial charge >= 0.3 is 0 Å². The topological polar surface area (TPSA) is 0 Å². The monoisotopic (exact) mass is 454 g/mol. The summed E-state index contributed by atoms with van der Waals surface area (Å²) in [5.74, 6) is 0. The third-order valence-corrected chi connectivity index (χ3v) is 8.07. The van der Waals surface area contributed by atoms with Crippen molar-refractivity contribution in [2.75, 3.05) is 0 Å². The van der Waals surface area contributed by atoms with Gasteiger partial charge in [-0.3, -0.25) is 0 Å². The SMILES string of the molecule is CCCCCCCCc1cc2ccc(C)c3c(CCCCCCCC)cc4c(C)ccc1c4c23. The fourth-order valence-electron chi connectivity index (χ4n) is 6.08. The first-order valence-corrected chi connectivity index (χ1v) is 14.3. The number of benzene rings is 4. The normalized spacial score (nSPS) is 12.0. The van der Waals surface area contributed by atoms with Gasteiger partial charge < -0.3 is 0 Å². The Labute approximate surface area is 208 Å². The Balaban J connectivity index is 1.68. The van der Waals surface area contributed by atoms with Crippen molar-refractivity contribution in [1.29, 1.82) is 0 Å². The Kier molecular flexibility index (Phi) is 8.87. The van der Waals surface area contributed by atoms with E-state index in [0.29, 0.717) is 0 Å². The van der Waals surface area contributed by atoms with E-state index in [2.05, 4.69) is 64.1 Å². The van der Waals surface area contributed by atoms with Gasteiger partial charge in [0.2, 0.25) is 0 Å². The van der Waals surface area contributed by atoms with Crippen LogP contribution in [0.1, 0.15) is 113 Å². The third-order valence-electron chi connectivity index (χ3n) is 8.07. The molecule has 0 saturated heterocycles. The Bertz CT molecular complexity index is 1200. The van der Waals surface area contributed by atoms with E-state index < -0.39 is 0 Å². The molecule has 4 rings (SSSR count). The maximum absolute atomic E-state index is 2.56. The molecule has 0 aliphatic heterocycles. The molecule has 0 radical (unpaired) electrons. The number of aryl methyl sites for hydroxylation is 4. The minimum Gasteiger partial charge on any atom is -0.0654 e. The molecule has 0 aliphatic rings. The zero-order chi connectivity index (χ0) is 23.9. The standard InChI is InChI=1S/C34H46/c1-5-7-9-11-13-15-17-27-23-29-21-19-26(4)32-28(18-16-14-12-10-8-6-2)24-31-25(3)20-22-30(27)34(31)33(29)32/h19-24H,5-18H2,1-4H3. The Hall–Kier alpha value is -2.08. The molecular formula is C34H46. The van der Waals surface area contributed by atoms with Crippen LogP contribution >= 0.6 is 0 Å². The smallest absolute Gasteiger partial charge is 0.00211 e. The fraction of sp³-hybridized carbons (Fsp3) is 0.529. The van der Waals surface area contributed by atoms with Gasteiger partial charge in [0, 0.05) is 0 Å². The molecule has 0 fully saturated rings. The summed E-state index contributed by atoms with van der Waals surface area (Å²) in [5, 5.41) is 9.05. The summed E-state index contributed by atoms with van der Waals surface area (Å²) in [6, 6.07) is 14.6. The van der Waals surface area contributed by atoms with Crippen LogP contribution in [0.2, 0.25) is 0 Å². The van der Waals surface area contributed by atoms with Crippen LogP contribution in [0.15, 0.2) is 36.4 Å². The molecule has 0 heteroatoms.